The lowest BCUT2D eigenvalue weighted by Gasteiger charge is -2.39. The number of hydrogen-bond donors (Lipinski definition) is 0. The maximum atomic E-state index is 13.4. The van der Waals surface area contributed by atoms with E-state index in [1.54, 1.807) is 36.9 Å². The predicted molar refractivity (Wildman–Crippen MR) is 107 cm³/mol. The third kappa shape index (κ3) is 4.07. The molecule has 1 aliphatic heterocycles. The van der Waals surface area contributed by atoms with Crippen molar-refractivity contribution >= 4 is 17.5 Å². The van der Waals surface area contributed by atoms with Gasteiger partial charge in [0.1, 0.15) is 6.10 Å². The third-order valence-electron chi connectivity index (χ3n) is 4.99. The molecule has 4 heterocycles. The number of carbonyl (C=O) groups is 1. The van der Waals surface area contributed by atoms with Crippen LogP contribution in [0.1, 0.15) is 35.7 Å². The van der Waals surface area contributed by atoms with E-state index in [0.717, 1.165) is 18.4 Å². The summed E-state index contributed by atoms with van der Waals surface area (Å²) in [4.78, 5) is 25.2. The Morgan fingerprint density at radius 1 is 1.21 bits per heavy atom. The van der Waals surface area contributed by atoms with Crippen molar-refractivity contribution in [2.75, 3.05) is 6.54 Å². The summed E-state index contributed by atoms with van der Waals surface area (Å²) in [5, 5.41) is 8.81. The predicted octanol–water partition coefficient (Wildman–Crippen LogP) is 3.09. The quantitative estimate of drug-likeness (QED) is 0.654. The smallest absolute Gasteiger partial charge is 0.258 e. The lowest BCUT2D eigenvalue weighted by molar-refractivity contribution is 0.0266. The van der Waals surface area contributed by atoms with Gasteiger partial charge in [-0.25, -0.2) is 9.97 Å². The van der Waals surface area contributed by atoms with E-state index in [1.165, 1.54) is 4.80 Å². The minimum atomic E-state index is -0.162. The lowest BCUT2D eigenvalue weighted by atomic mass is 9.98. The molecular formula is C20H21ClN6O2. The number of aryl methyl sites for hydroxylation is 1. The van der Waals surface area contributed by atoms with Crippen LogP contribution in [0.2, 0.25) is 5.02 Å². The van der Waals surface area contributed by atoms with Crippen LogP contribution in [0.4, 0.5) is 0 Å². The standard InChI is InChI=1S/C20H21ClN6O2/c1-13-10-16(19(23-11-13)27-24-7-8-25-27)20(28)26-9-3-4-17(14(26)2)29-18-6-5-15(21)12-22-18/h5-8,10-12,14,17H,3-4,9H2,1-2H3/t14-,17+/m0/s1. The maximum Gasteiger partial charge on any atom is 0.258 e. The van der Waals surface area contributed by atoms with E-state index in [1.807, 2.05) is 24.8 Å². The fourth-order valence-electron chi connectivity index (χ4n) is 3.50. The van der Waals surface area contributed by atoms with Crippen LogP contribution in [-0.4, -0.2) is 54.5 Å². The second-order valence-corrected chi connectivity index (χ2v) is 7.49. The number of carbonyl (C=O) groups excluding carboxylic acids is 1. The van der Waals surface area contributed by atoms with Gasteiger partial charge in [0.15, 0.2) is 5.82 Å². The van der Waals surface area contributed by atoms with Crippen molar-refractivity contribution in [3.05, 3.63) is 59.1 Å². The molecule has 8 nitrogen and oxygen atoms in total. The molecule has 1 amide bonds. The zero-order valence-corrected chi connectivity index (χ0v) is 17.0. The number of ether oxygens (including phenoxy) is 1. The maximum absolute atomic E-state index is 13.4. The second kappa shape index (κ2) is 8.16. The first-order valence-corrected chi connectivity index (χ1v) is 9.83. The first-order valence-electron chi connectivity index (χ1n) is 9.45. The number of likely N-dealkylation sites (tertiary alicyclic amines) is 1. The minimum Gasteiger partial charge on any atom is -0.472 e. The van der Waals surface area contributed by atoms with Gasteiger partial charge >= 0.3 is 0 Å². The Hall–Kier alpha value is -3.00. The molecule has 3 aromatic heterocycles. The molecule has 1 fully saturated rings. The third-order valence-corrected chi connectivity index (χ3v) is 5.22. The second-order valence-electron chi connectivity index (χ2n) is 7.05. The van der Waals surface area contributed by atoms with E-state index >= 15 is 0 Å². The SMILES string of the molecule is Cc1cnc(-n2nccn2)c(C(=O)N2CCC[C@@H](Oc3ccc(Cl)cn3)[C@@H]2C)c1. The van der Waals surface area contributed by atoms with Gasteiger partial charge in [-0.3, -0.25) is 4.79 Å². The molecule has 0 bridgehead atoms. The van der Waals surface area contributed by atoms with Crippen molar-refractivity contribution in [3.63, 3.8) is 0 Å². The molecule has 0 aromatic carbocycles. The zero-order valence-electron chi connectivity index (χ0n) is 16.2. The van der Waals surface area contributed by atoms with Crippen molar-refractivity contribution in [1.82, 2.24) is 29.9 Å². The van der Waals surface area contributed by atoms with E-state index < -0.39 is 0 Å². The average molecular weight is 413 g/mol. The van der Waals surface area contributed by atoms with Gasteiger partial charge in [0.2, 0.25) is 5.88 Å². The van der Waals surface area contributed by atoms with Crippen LogP contribution in [0.3, 0.4) is 0 Å². The lowest BCUT2D eigenvalue weighted by Crippen LogP contribution is -2.51. The van der Waals surface area contributed by atoms with Crippen LogP contribution >= 0.6 is 11.6 Å². The molecule has 4 rings (SSSR count). The molecule has 29 heavy (non-hydrogen) atoms. The molecule has 1 saturated heterocycles. The van der Waals surface area contributed by atoms with Gasteiger partial charge in [-0.2, -0.15) is 10.2 Å². The molecular weight excluding hydrogens is 392 g/mol. The van der Waals surface area contributed by atoms with Crippen LogP contribution in [0.15, 0.2) is 43.0 Å². The normalized spacial score (nSPS) is 19.2. The Balaban J connectivity index is 1.58. The summed E-state index contributed by atoms with van der Waals surface area (Å²) in [5.74, 6) is 0.803. The van der Waals surface area contributed by atoms with Crippen molar-refractivity contribution in [1.29, 1.82) is 0 Å². The van der Waals surface area contributed by atoms with E-state index in [-0.39, 0.29) is 18.1 Å². The molecule has 0 saturated carbocycles. The molecule has 150 valence electrons. The summed E-state index contributed by atoms with van der Waals surface area (Å²) in [6.07, 6.45) is 7.88. The van der Waals surface area contributed by atoms with Gasteiger partial charge in [0.25, 0.3) is 5.91 Å². The fourth-order valence-corrected chi connectivity index (χ4v) is 3.61. The van der Waals surface area contributed by atoms with Gasteiger partial charge in [0.05, 0.1) is 29.0 Å². The monoisotopic (exact) mass is 412 g/mol. The first-order chi connectivity index (χ1) is 14.0. The fraction of sp³-hybridized carbons (Fsp3) is 0.350. The average Bonchev–Trinajstić information content (AvgIpc) is 3.25. The Kier molecular flexibility index (Phi) is 5.44. The highest BCUT2D eigenvalue weighted by Crippen LogP contribution is 2.25. The molecule has 0 N–H and O–H groups in total. The van der Waals surface area contributed by atoms with Gasteiger partial charge in [0, 0.05) is 25.0 Å². The molecule has 2 atom stereocenters. The summed E-state index contributed by atoms with van der Waals surface area (Å²) in [6, 6.07) is 5.17. The molecule has 1 aliphatic rings. The molecule has 3 aromatic rings. The highest BCUT2D eigenvalue weighted by molar-refractivity contribution is 6.30. The Labute approximate surface area is 173 Å². The van der Waals surface area contributed by atoms with Crippen molar-refractivity contribution in [2.45, 2.75) is 38.8 Å². The van der Waals surface area contributed by atoms with E-state index in [2.05, 4.69) is 20.2 Å². The van der Waals surface area contributed by atoms with Crippen LogP contribution in [-0.2, 0) is 0 Å². The molecule has 0 spiro atoms. The summed E-state index contributed by atoms with van der Waals surface area (Å²) < 4.78 is 6.06. The number of rotatable bonds is 4. The Bertz CT molecular complexity index is 993. The topological polar surface area (TPSA) is 86.0 Å². The van der Waals surface area contributed by atoms with Crippen LogP contribution < -0.4 is 4.74 Å². The number of halogens is 1. The molecule has 0 aliphatic carbocycles. The summed E-state index contributed by atoms with van der Waals surface area (Å²) >= 11 is 5.90. The zero-order chi connectivity index (χ0) is 20.4. The van der Waals surface area contributed by atoms with Gasteiger partial charge in [-0.05, 0) is 44.4 Å². The largest absolute Gasteiger partial charge is 0.472 e. The minimum absolute atomic E-state index is 0.113. The van der Waals surface area contributed by atoms with E-state index in [0.29, 0.717) is 28.8 Å². The van der Waals surface area contributed by atoms with Gasteiger partial charge in [-0.1, -0.05) is 11.6 Å². The Morgan fingerprint density at radius 3 is 2.72 bits per heavy atom. The molecule has 0 radical (unpaired) electrons. The Morgan fingerprint density at radius 2 is 2.00 bits per heavy atom. The van der Waals surface area contributed by atoms with Crippen LogP contribution in [0.25, 0.3) is 5.82 Å². The number of pyridine rings is 2. The van der Waals surface area contributed by atoms with Crippen molar-refractivity contribution in [3.8, 4) is 11.7 Å². The molecule has 0 unspecified atom stereocenters. The van der Waals surface area contributed by atoms with Crippen LogP contribution in [0, 0.1) is 6.92 Å². The number of hydrogen-bond acceptors (Lipinski definition) is 6. The number of piperidine rings is 1. The summed E-state index contributed by atoms with van der Waals surface area (Å²) in [6.45, 7) is 4.54. The first kappa shape index (κ1) is 19.3. The summed E-state index contributed by atoms with van der Waals surface area (Å²) in [7, 11) is 0. The van der Waals surface area contributed by atoms with E-state index in [4.69, 9.17) is 16.3 Å². The number of aromatic nitrogens is 5. The summed E-state index contributed by atoms with van der Waals surface area (Å²) in [5.41, 5.74) is 1.37. The van der Waals surface area contributed by atoms with E-state index in [9.17, 15) is 4.79 Å². The van der Waals surface area contributed by atoms with Gasteiger partial charge < -0.3 is 9.64 Å². The van der Waals surface area contributed by atoms with Gasteiger partial charge in [-0.15, -0.1) is 4.80 Å². The molecule has 9 heteroatoms. The van der Waals surface area contributed by atoms with Crippen molar-refractivity contribution in [2.24, 2.45) is 0 Å². The van der Waals surface area contributed by atoms with Crippen LogP contribution in [0.5, 0.6) is 5.88 Å². The number of nitrogens with zero attached hydrogens (tertiary/aromatic N) is 6. The highest BCUT2D eigenvalue weighted by atomic mass is 35.5. The highest BCUT2D eigenvalue weighted by Gasteiger charge is 2.34. The van der Waals surface area contributed by atoms with Crippen molar-refractivity contribution < 1.29 is 9.53 Å². The number of amides is 1.